The van der Waals surface area contributed by atoms with E-state index in [1.54, 1.807) is 13.2 Å². The van der Waals surface area contributed by atoms with E-state index in [-0.39, 0.29) is 0 Å². The molecule has 2 heterocycles. The molecule has 1 fully saturated rings. The van der Waals surface area contributed by atoms with Gasteiger partial charge in [-0.05, 0) is 50.2 Å². The summed E-state index contributed by atoms with van der Waals surface area (Å²) in [4.78, 5) is 8.89. The van der Waals surface area contributed by atoms with Gasteiger partial charge in [-0.25, -0.2) is 0 Å². The number of rotatable bonds is 6. The molecule has 0 bridgehead atoms. The molecule has 28 heavy (non-hydrogen) atoms. The monoisotopic (exact) mass is 419 g/mol. The van der Waals surface area contributed by atoms with Gasteiger partial charge in [0, 0.05) is 23.9 Å². The minimum atomic E-state index is 0.510. The largest absolute Gasteiger partial charge is 0.493 e. The molecule has 0 saturated carbocycles. The Morgan fingerprint density at radius 3 is 2.61 bits per heavy atom. The van der Waals surface area contributed by atoms with Crippen LogP contribution in [0.5, 0.6) is 11.5 Å². The van der Waals surface area contributed by atoms with Crippen LogP contribution >= 0.6 is 23.2 Å². The van der Waals surface area contributed by atoms with Crippen molar-refractivity contribution in [3.8, 4) is 11.5 Å². The third-order valence-corrected chi connectivity index (χ3v) is 5.87. The van der Waals surface area contributed by atoms with Crippen LogP contribution in [-0.4, -0.2) is 44.6 Å². The second-order valence-electron chi connectivity index (χ2n) is 6.95. The predicted octanol–water partition coefficient (Wildman–Crippen LogP) is 5.16. The molecule has 2 aliphatic heterocycles. The number of aliphatic imine (C=N–C) groups is 1. The first-order valence-corrected chi connectivity index (χ1v) is 10.2. The molecule has 2 aromatic rings. The number of nitrogens with zero attached hydrogens (tertiary/aromatic N) is 3. The number of ether oxygens (including phenoxy) is 2. The zero-order chi connectivity index (χ0) is 19.5. The summed E-state index contributed by atoms with van der Waals surface area (Å²) in [6.07, 6.45) is 4.36. The molecule has 1 saturated heterocycles. The SMILES string of the molecule is COc1cc2c(cc1OCCN1CCCC1)N(c1ccc(Cl)c(Cl)c1)C=NC2. The number of likely N-dealkylation sites (tertiary alicyclic amines) is 1. The van der Waals surface area contributed by atoms with E-state index in [0.29, 0.717) is 23.2 Å². The maximum atomic E-state index is 6.22. The van der Waals surface area contributed by atoms with Gasteiger partial charge in [-0.3, -0.25) is 9.89 Å². The van der Waals surface area contributed by atoms with Gasteiger partial charge in [0.15, 0.2) is 11.5 Å². The summed E-state index contributed by atoms with van der Waals surface area (Å²) in [6.45, 7) is 4.48. The highest BCUT2D eigenvalue weighted by Gasteiger charge is 2.21. The van der Waals surface area contributed by atoms with Crippen LogP contribution in [0.4, 0.5) is 11.4 Å². The number of hydrogen-bond acceptors (Lipinski definition) is 5. The molecule has 0 amide bonds. The highest BCUT2D eigenvalue weighted by molar-refractivity contribution is 6.42. The second-order valence-corrected chi connectivity index (χ2v) is 7.77. The minimum Gasteiger partial charge on any atom is -0.493 e. The molecular weight excluding hydrogens is 397 g/mol. The maximum Gasteiger partial charge on any atom is 0.163 e. The number of benzene rings is 2. The third-order valence-electron chi connectivity index (χ3n) is 5.13. The van der Waals surface area contributed by atoms with Crippen LogP contribution in [0.2, 0.25) is 10.0 Å². The van der Waals surface area contributed by atoms with Crippen molar-refractivity contribution in [1.82, 2.24) is 4.90 Å². The molecule has 0 atom stereocenters. The Morgan fingerprint density at radius 1 is 1.04 bits per heavy atom. The fraction of sp³-hybridized carbons (Fsp3) is 0.381. The van der Waals surface area contributed by atoms with Crippen LogP contribution in [0.1, 0.15) is 18.4 Å². The lowest BCUT2D eigenvalue weighted by atomic mass is 10.1. The average molecular weight is 420 g/mol. The number of fused-ring (bicyclic) bond motifs is 1. The summed E-state index contributed by atoms with van der Waals surface area (Å²) in [5.74, 6) is 1.46. The van der Waals surface area contributed by atoms with Crippen LogP contribution in [0, 0.1) is 0 Å². The Morgan fingerprint density at radius 2 is 1.86 bits per heavy atom. The molecule has 148 valence electrons. The van der Waals surface area contributed by atoms with E-state index in [4.69, 9.17) is 32.7 Å². The van der Waals surface area contributed by atoms with Gasteiger partial charge < -0.3 is 14.4 Å². The Labute approximate surface area is 175 Å². The van der Waals surface area contributed by atoms with Crippen molar-refractivity contribution < 1.29 is 9.47 Å². The quantitative estimate of drug-likeness (QED) is 0.647. The van der Waals surface area contributed by atoms with Crippen molar-refractivity contribution in [2.24, 2.45) is 4.99 Å². The van der Waals surface area contributed by atoms with Crippen LogP contribution in [0.3, 0.4) is 0 Å². The highest BCUT2D eigenvalue weighted by atomic mass is 35.5. The van der Waals surface area contributed by atoms with Crippen molar-refractivity contribution in [2.45, 2.75) is 19.4 Å². The molecule has 0 aliphatic carbocycles. The van der Waals surface area contributed by atoms with Gasteiger partial charge in [-0.1, -0.05) is 23.2 Å². The molecule has 0 aromatic heterocycles. The van der Waals surface area contributed by atoms with E-state index < -0.39 is 0 Å². The Hall–Kier alpha value is -1.95. The molecule has 5 nitrogen and oxygen atoms in total. The van der Waals surface area contributed by atoms with Crippen molar-refractivity contribution >= 4 is 40.9 Å². The van der Waals surface area contributed by atoms with E-state index in [1.165, 1.54) is 12.8 Å². The summed E-state index contributed by atoms with van der Waals surface area (Å²) in [7, 11) is 1.66. The lowest BCUT2D eigenvalue weighted by molar-refractivity contribution is 0.230. The fourth-order valence-corrected chi connectivity index (χ4v) is 3.92. The second kappa shape index (κ2) is 8.60. The first-order valence-electron chi connectivity index (χ1n) is 9.46. The highest BCUT2D eigenvalue weighted by Crippen LogP contribution is 2.40. The lowest BCUT2D eigenvalue weighted by Crippen LogP contribution is -2.25. The van der Waals surface area contributed by atoms with Gasteiger partial charge in [0.2, 0.25) is 0 Å². The van der Waals surface area contributed by atoms with Crippen LogP contribution < -0.4 is 14.4 Å². The standard InChI is InChI=1S/C21H23Cl2N3O2/c1-27-20-10-15-13-24-14-26(16-4-5-17(22)18(23)11-16)19(15)12-21(20)28-9-8-25-6-2-3-7-25/h4-5,10-12,14H,2-3,6-9,13H2,1H3. The van der Waals surface area contributed by atoms with E-state index >= 15 is 0 Å². The van der Waals surface area contributed by atoms with Gasteiger partial charge in [-0.2, -0.15) is 0 Å². The molecular formula is C21H23Cl2N3O2. The van der Waals surface area contributed by atoms with Gasteiger partial charge in [0.25, 0.3) is 0 Å². The van der Waals surface area contributed by atoms with Crippen LogP contribution in [0.25, 0.3) is 0 Å². The third kappa shape index (κ3) is 4.07. The van der Waals surface area contributed by atoms with Gasteiger partial charge in [-0.15, -0.1) is 0 Å². The lowest BCUT2D eigenvalue weighted by Gasteiger charge is -2.27. The van der Waals surface area contributed by atoms with Crippen molar-refractivity contribution in [2.75, 3.05) is 38.3 Å². The average Bonchev–Trinajstić information content (AvgIpc) is 3.22. The van der Waals surface area contributed by atoms with Crippen LogP contribution in [-0.2, 0) is 6.54 Å². The number of halogens is 2. The Balaban J connectivity index is 1.59. The smallest absolute Gasteiger partial charge is 0.163 e. The summed E-state index contributed by atoms with van der Waals surface area (Å²) in [5.41, 5.74) is 2.97. The molecule has 2 aliphatic rings. The first kappa shape index (κ1) is 19.4. The fourth-order valence-electron chi connectivity index (χ4n) is 3.63. The first-order chi connectivity index (χ1) is 13.7. The number of methoxy groups -OCH3 is 1. The van der Waals surface area contributed by atoms with E-state index in [9.17, 15) is 0 Å². The summed E-state index contributed by atoms with van der Waals surface area (Å²) < 4.78 is 11.7. The molecule has 4 rings (SSSR count). The normalized spacial score (nSPS) is 16.3. The molecule has 7 heteroatoms. The molecule has 2 aromatic carbocycles. The van der Waals surface area contributed by atoms with E-state index in [2.05, 4.69) is 9.89 Å². The number of hydrogen-bond donors (Lipinski definition) is 0. The summed E-state index contributed by atoms with van der Waals surface area (Å²) in [5, 5.41) is 1.04. The molecule has 0 spiro atoms. The van der Waals surface area contributed by atoms with Gasteiger partial charge in [0.05, 0.1) is 35.7 Å². The topological polar surface area (TPSA) is 37.3 Å². The van der Waals surface area contributed by atoms with Crippen molar-refractivity contribution in [3.63, 3.8) is 0 Å². The summed E-state index contributed by atoms with van der Waals surface area (Å²) >= 11 is 12.3. The van der Waals surface area contributed by atoms with E-state index in [0.717, 1.165) is 48.1 Å². The minimum absolute atomic E-state index is 0.510. The van der Waals surface area contributed by atoms with Gasteiger partial charge >= 0.3 is 0 Å². The summed E-state index contributed by atoms with van der Waals surface area (Å²) in [6, 6.07) is 9.57. The van der Waals surface area contributed by atoms with Crippen molar-refractivity contribution in [1.29, 1.82) is 0 Å². The predicted molar refractivity (Wildman–Crippen MR) is 115 cm³/mol. The molecule has 0 radical (unpaired) electrons. The zero-order valence-corrected chi connectivity index (χ0v) is 17.3. The Kier molecular flexibility index (Phi) is 5.95. The molecule has 0 unspecified atom stereocenters. The number of anilines is 2. The Bertz CT molecular complexity index is 882. The zero-order valence-electron chi connectivity index (χ0n) is 15.8. The van der Waals surface area contributed by atoms with E-state index in [1.807, 2.05) is 35.5 Å². The van der Waals surface area contributed by atoms with Crippen LogP contribution in [0.15, 0.2) is 35.3 Å². The molecule has 0 N–H and O–H groups in total. The van der Waals surface area contributed by atoms with Crippen molar-refractivity contribution in [3.05, 3.63) is 45.9 Å². The maximum absolute atomic E-state index is 6.22. The van der Waals surface area contributed by atoms with Gasteiger partial charge in [0.1, 0.15) is 6.61 Å².